The number of benzene rings is 2. The summed E-state index contributed by atoms with van der Waals surface area (Å²) in [6, 6.07) is 5.46. The molecule has 2 heterocycles. The Bertz CT molecular complexity index is 1430. The second-order valence-electron chi connectivity index (χ2n) is 11.6. The van der Waals surface area contributed by atoms with Gasteiger partial charge in [-0.25, -0.2) is 13.6 Å². The number of fused-ring (bicyclic) bond motifs is 1. The molecule has 0 radical (unpaired) electrons. The number of aliphatic hydroxyl groups is 1. The van der Waals surface area contributed by atoms with E-state index in [2.05, 4.69) is 15.7 Å². The van der Waals surface area contributed by atoms with Crippen molar-refractivity contribution in [2.45, 2.75) is 70.5 Å². The molecule has 1 saturated carbocycles. The maximum absolute atomic E-state index is 15.3. The SMILES string of the molecule is CC(C)(C)n1cc(-c2cc3c(cc2F)N(C(=O)NC(CO)c2cc(F)cc(C(=O)NC4CCCC4)c2)CC3)cn1. The number of halogens is 2. The molecule has 2 aliphatic rings. The maximum atomic E-state index is 15.3. The monoisotopic (exact) mass is 551 g/mol. The van der Waals surface area contributed by atoms with Crippen LogP contribution in [0.15, 0.2) is 42.7 Å². The van der Waals surface area contributed by atoms with Gasteiger partial charge in [0.15, 0.2) is 0 Å². The van der Waals surface area contributed by atoms with Gasteiger partial charge in [-0.15, -0.1) is 0 Å². The van der Waals surface area contributed by atoms with Crippen molar-refractivity contribution in [3.05, 3.63) is 71.1 Å². The highest BCUT2D eigenvalue weighted by Gasteiger charge is 2.29. The summed E-state index contributed by atoms with van der Waals surface area (Å²) in [6.07, 6.45) is 7.83. The van der Waals surface area contributed by atoms with Gasteiger partial charge in [0.25, 0.3) is 5.91 Å². The Labute approximate surface area is 232 Å². The number of nitrogens with zero attached hydrogens (tertiary/aromatic N) is 3. The van der Waals surface area contributed by atoms with Crippen molar-refractivity contribution in [1.29, 1.82) is 0 Å². The number of carbonyl (C=O) groups excluding carboxylic acids is 2. The Morgan fingerprint density at radius 2 is 1.88 bits per heavy atom. The number of urea groups is 1. The first-order valence-corrected chi connectivity index (χ1v) is 13.7. The van der Waals surface area contributed by atoms with Gasteiger partial charge in [-0.1, -0.05) is 12.8 Å². The van der Waals surface area contributed by atoms with Crippen molar-refractivity contribution in [3.8, 4) is 11.1 Å². The number of amides is 3. The summed E-state index contributed by atoms with van der Waals surface area (Å²) in [7, 11) is 0. The fraction of sp³-hybridized carbons (Fsp3) is 0.433. The molecule has 5 rings (SSSR count). The number of nitrogens with one attached hydrogen (secondary N) is 2. The van der Waals surface area contributed by atoms with Gasteiger partial charge in [0.2, 0.25) is 0 Å². The molecule has 0 spiro atoms. The summed E-state index contributed by atoms with van der Waals surface area (Å²) in [5.41, 5.74) is 2.47. The number of carbonyl (C=O) groups is 2. The summed E-state index contributed by atoms with van der Waals surface area (Å²) in [5, 5.41) is 20.1. The minimum Gasteiger partial charge on any atom is -0.394 e. The summed E-state index contributed by atoms with van der Waals surface area (Å²) in [5.74, 6) is -1.50. The Kier molecular flexibility index (Phi) is 7.63. The highest BCUT2D eigenvalue weighted by atomic mass is 19.1. The first-order valence-electron chi connectivity index (χ1n) is 13.7. The van der Waals surface area contributed by atoms with Crippen molar-refractivity contribution in [1.82, 2.24) is 20.4 Å². The molecule has 3 N–H and O–H groups in total. The van der Waals surface area contributed by atoms with E-state index in [4.69, 9.17) is 0 Å². The predicted molar refractivity (Wildman–Crippen MR) is 148 cm³/mol. The van der Waals surface area contributed by atoms with Crippen LogP contribution in [0, 0.1) is 11.6 Å². The number of aliphatic hydroxyl groups excluding tert-OH is 1. The van der Waals surface area contributed by atoms with Crippen molar-refractivity contribution in [2.24, 2.45) is 0 Å². The molecule has 8 nitrogen and oxygen atoms in total. The molecule has 1 aliphatic heterocycles. The Morgan fingerprint density at radius 1 is 1.12 bits per heavy atom. The van der Waals surface area contributed by atoms with Crippen LogP contribution in [0.5, 0.6) is 0 Å². The van der Waals surface area contributed by atoms with Gasteiger partial charge >= 0.3 is 6.03 Å². The van der Waals surface area contributed by atoms with Crippen LogP contribution in [0.25, 0.3) is 11.1 Å². The first-order chi connectivity index (χ1) is 19.0. The average molecular weight is 552 g/mol. The maximum Gasteiger partial charge on any atom is 0.322 e. The van der Waals surface area contributed by atoms with Gasteiger partial charge in [-0.2, -0.15) is 5.10 Å². The van der Waals surface area contributed by atoms with Gasteiger partial charge in [0, 0.05) is 35.5 Å². The van der Waals surface area contributed by atoms with Crippen LogP contribution in [-0.4, -0.2) is 46.0 Å². The second-order valence-corrected chi connectivity index (χ2v) is 11.6. The van der Waals surface area contributed by atoms with E-state index in [-0.39, 0.29) is 28.6 Å². The van der Waals surface area contributed by atoms with Gasteiger partial charge in [-0.3, -0.25) is 14.4 Å². The molecule has 1 atom stereocenters. The lowest BCUT2D eigenvalue weighted by Gasteiger charge is -2.23. The molecule has 212 valence electrons. The fourth-order valence-corrected chi connectivity index (χ4v) is 5.42. The zero-order valence-electron chi connectivity index (χ0n) is 23.0. The number of hydrogen-bond acceptors (Lipinski definition) is 4. The van der Waals surface area contributed by atoms with Crippen molar-refractivity contribution in [3.63, 3.8) is 0 Å². The van der Waals surface area contributed by atoms with Crippen LogP contribution in [0.2, 0.25) is 0 Å². The third kappa shape index (κ3) is 5.72. The number of aromatic nitrogens is 2. The summed E-state index contributed by atoms with van der Waals surface area (Å²) in [6.45, 7) is 5.84. The molecular weight excluding hydrogens is 516 g/mol. The molecule has 10 heteroatoms. The third-order valence-corrected chi connectivity index (χ3v) is 7.65. The highest BCUT2D eigenvalue weighted by Crippen LogP contribution is 2.35. The zero-order chi connectivity index (χ0) is 28.6. The van der Waals surface area contributed by atoms with E-state index in [0.29, 0.717) is 29.8 Å². The van der Waals surface area contributed by atoms with E-state index in [9.17, 15) is 19.1 Å². The molecule has 0 bridgehead atoms. The van der Waals surface area contributed by atoms with Crippen molar-refractivity contribution >= 4 is 17.6 Å². The smallest absolute Gasteiger partial charge is 0.322 e. The first kappa shape index (κ1) is 27.8. The molecule has 3 amide bonds. The van der Waals surface area contributed by atoms with Gasteiger partial charge in [0.1, 0.15) is 11.6 Å². The lowest BCUT2D eigenvalue weighted by atomic mass is 10.0. The van der Waals surface area contributed by atoms with E-state index in [1.54, 1.807) is 23.1 Å². The quantitative estimate of drug-likeness (QED) is 0.399. The molecule has 0 saturated heterocycles. The Hall–Kier alpha value is -3.79. The van der Waals surface area contributed by atoms with Gasteiger partial charge in [-0.05, 0) is 81.5 Å². The largest absolute Gasteiger partial charge is 0.394 e. The molecule has 3 aromatic rings. The van der Waals surface area contributed by atoms with Gasteiger partial charge in [0.05, 0.1) is 30.1 Å². The Morgan fingerprint density at radius 3 is 2.55 bits per heavy atom. The van der Waals surface area contributed by atoms with Crippen LogP contribution in [0.4, 0.5) is 19.3 Å². The van der Waals surface area contributed by atoms with Crippen molar-refractivity contribution in [2.75, 3.05) is 18.1 Å². The number of rotatable bonds is 6. The minimum absolute atomic E-state index is 0.0679. The number of hydrogen-bond donors (Lipinski definition) is 3. The van der Waals surface area contributed by atoms with Crippen LogP contribution in [0.1, 0.15) is 74.0 Å². The second kappa shape index (κ2) is 11.0. The van der Waals surface area contributed by atoms with E-state index >= 15 is 4.39 Å². The minimum atomic E-state index is -0.961. The van der Waals surface area contributed by atoms with E-state index in [0.717, 1.165) is 37.3 Å². The van der Waals surface area contributed by atoms with E-state index < -0.39 is 30.3 Å². The lowest BCUT2D eigenvalue weighted by Crippen LogP contribution is -2.42. The molecule has 1 unspecified atom stereocenters. The average Bonchev–Trinajstić information content (AvgIpc) is 3.67. The van der Waals surface area contributed by atoms with Crippen LogP contribution >= 0.6 is 0 Å². The molecule has 2 aromatic carbocycles. The van der Waals surface area contributed by atoms with E-state index in [1.807, 2.05) is 20.8 Å². The Balaban J connectivity index is 1.33. The normalized spacial score (nSPS) is 16.2. The molecule has 1 aliphatic carbocycles. The third-order valence-electron chi connectivity index (χ3n) is 7.65. The molecular formula is C30H35F2N5O3. The number of anilines is 1. The topological polar surface area (TPSA) is 99.5 Å². The molecule has 40 heavy (non-hydrogen) atoms. The zero-order valence-corrected chi connectivity index (χ0v) is 23.0. The summed E-state index contributed by atoms with van der Waals surface area (Å²) in [4.78, 5) is 27.4. The molecule has 1 fully saturated rings. The van der Waals surface area contributed by atoms with E-state index in [1.165, 1.54) is 23.1 Å². The van der Waals surface area contributed by atoms with Crippen LogP contribution in [-0.2, 0) is 12.0 Å². The highest BCUT2D eigenvalue weighted by molar-refractivity contribution is 5.96. The lowest BCUT2D eigenvalue weighted by molar-refractivity contribution is 0.0937. The standard InChI is InChI=1S/C30H35F2N5O3/c1-30(2,3)37-16-21(15-33-37)24-13-18-8-9-36(27(18)14-25(24)32)29(40)35-26(17-38)19-10-20(12-22(31)11-19)28(39)34-23-6-4-5-7-23/h10-16,23,26,38H,4-9,17H2,1-3H3,(H,34,39)(H,35,40). The van der Waals surface area contributed by atoms with Crippen LogP contribution < -0.4 is 15.5 Å². The van der Waals surface area contributed by atoms with Crippen LogP contribution in [0.3, 0.4) is 0 Å². The van der Waals surface area contributed by atoms with Gasteiger partial charge < -0.3 is 15.7 Å². The predicted octanol–water partition coefficient (Wildman–Crippen LogP) is 5.06. The summed E-state index contributed by atoms with van der Waals surface area (Å²) < 4.78 is 31.5. The summed E-state index contributed by atoms with van der Waals surface area (Å²) >= 11 is 0. The van der Waals surface area contributed by atoms with Crippen molar-refractivity contribution < 1.29 is 23.5 Å². The fourth-order valence-electron chi connectivity index (χ4n) is 5.42. The molecule has 1 aromatic heterocycles.